The number of aldehydes is 1. The second-order valence-electron chi connectivity index (χ2n) is 6.45. The molecule has 0 radical (unpaired) electrons. The Balaban J connectivity index is 2.12. The minimum absolute atomic E-state index is 0.127. The highest BCUT2D eigenvalue weighted by Gasteiger charge is 2.31. The number of nitrogens with zero attached hydrogens (tertiary/aromatic N) is 1. The number of benzene rings is 2. The van der Waals surface area contributed by atoms with E-state index in [1.807, 2.05) is 6.07 Å². The molecule has 0 saturated heterocycles. The van der Waals surface area contributed by atoms with Gasteiger partial charge < -0.3 is 9.36 Å². The summed E-state index contributed by atoms with van der Waals surface area (Å²) >= 11 is 1.67. The van der Waals surface area contributed by atoms with Gasteiger partial charge in [-0.25, -0.2) is 0 Å². The zero-order valence-electron chi connectivity index (χ0n) is 13.3. The van der Waals surface area contributed by atoms with Crippen LogP contribution in [0.3, 0.4) is 0 Å². The Morgan fingerprint density at radius 1 is 1.13 bits per heavy atom. The Morgan fingerprint density at radius 3 is 2.65 bits per heavy atom. The molecule has 2 heterocycles. The second kappa shape index (κ2) is 5.57. The molecule has 1 unspecified atom stereocenters. The number of para-hydroxylation sites is 1. The fourth-order valence-electron chi connectivity index (χ4n) is 3.52. The lowest BCUT2D eigenvalue weighted by Gasteiger charge is -2.24. The van der Waals surface area contributed by atoms with Crippen molar-refractivity contribution in [1.82, 2.24) is 4.57 Å². The Morgan fingerprint density at radius 2 is 1.87 bits per heavy atom. The van der Waals surface area contributed by atoms with Crippen LogP contribution in [-0.4, -0.2) is 10.9 Å². The number of hydrogen-bond acceptors (Lipinski definition) is 2. The van der Waals surface area contributed by atoms with E-state index < -0.39 is 0 Å². The van der Waals surface area contributed by atoms with Gasteiger partial charge >= 0.3 is 0 Å². The van der Waals surface area contributed by atoms with E-state index in [-0.39, 0.29) is 5.25 Å². The topological polar surface area (TPSA) is 22.0 Å². The molecule has 0 saturated carbocycles. The van der Waals surface area contributed by atoms with Crippen LogP contribution in [-0.2, 0) is 11.3 Å². The third-order valence-electron chi connectivity index (χ3n) is 4.36. The lowest BCUT2D eigenvalue weighted by molar-refractivity contribution is -0.107. The van der Waals surface area contributed by atoms with Crippen LogP contribution in [0, 0.1) is 5.92 Å². The normalized spacial score (nSPS) is 16.4. The van der Waals surface area contributed by atoms with Gasteiger partial charge in [0.25, 0.3) is 0 Å². The molecular formula is C20H19NOS. The van der Waals surface area contributed by atoms with E-state index in [1.54, 1.807) is 11.8 Å². The summed E-state index contributed by atoms with van der Waals surface area (Å²) in [6.45, 7) is 5.43. The quantitative estimate of drug-likeness (QED) is 0.610. The zero-order chi connectivity index (χ0) is 16.0. The van der Waals surface area contributed by atoms with E-state index in [2.05, 4.69) is 60.9 Å². The van der Waals surface area contributed by atoms with E-state index in [1.165, 1.54) is 32.6 Å². The van der Waals surface area contributed by atoms with Crippen LogP contribution >= 0.6 is 11.8 Å². The van der Waals surface area contributed by atoms with Gasteiger partial charge in [-0.1, -0.05) is 50.2 Å². The zero-order valence-corrected chi connectivity index (χ0v) is 14.1. The number of rotatable bonds is 3. The van der Waals surface area contributed by atoms with Crippen LogP contribution in [0.25, 0.3) is 22.2 Å². The maximum atomic E-state index is 11.8. The average molecular weight is 321 g/mol. The molecule has 0 N–H and O–H groups in total. The standard InChI is InChI=1S/C20H19NOS/c1-13(2)11-21-16-9-5-3-7-14(16)19-18(12-22)23-17-10-6-4-8-15(17)20(19)21/h3-10,12-13,18H,11H2,1-2H3. The van der Waals surface area contributed by atoms with E-state index in [9.17, 15) is 4.79 Å². The van der Waals surface area contributed by atoms with E-state index >= 15 is 0 Å². The molecule has 23 heavy (non-hydrogen) atoms. The summed E-state index contributed by atoms with van der Waals surface area (Å²) in [6, 6.07) is 16.9. The van der Waals surface area contributed by atoms with Crippen molar-refractivity contribution in [2.45, 2.75) is 30.5 Å². The number of carbonyl (C=O) groups is 1. The maximum Gasteiger partial charge on any atom is 0.137 e. The van der Waals surface area contributed by atoms with Crippen molar-refractivity contribution in [2.24, 2.45) is 5.92 Å². The number of fused-ring (bicyclic) bond motifs is 5. The number of thioether (sulfide) groups is 1. The van der Waals surface area contributed by atoms with Gasteiger partial charge in [0.15, 0.2) is 0 Å². The number of aromatic nitrogens is 1. The fourth-order valence-corrected chi connectivity index (χ4v) is 4.65. The Hall–Kier alpha value is -2.00. The van der Waals surface area contributed by atoms with Crippen LogP contribution in [0.4, 0.5) is 0 Å². The molecule has 0 fully saturated rings. The van der Waals surface area contributed by atoms with Gasteiger partial charge in [0.2, 0.25) is 0 Å². The summed E-state index contributed by atoms with van der Waals surface area (Å²) in [5.74, 6) is 0.548. The second-order valence-corrected chi connectivity index (χ2v) is 7.64. The Bertz CT molecular complexity index is 894. The third-order valence-corrected chi connectivity index (χ3v) is 5.57. The van der Waals surface area contributed by atoms with E-state index in [0.717, 1.165) is 12.8 Å². The van der Waals surface area contributed by atoms with Crippen molar-refractivity contribution in [2.75, 3.05) is 0 Å². The highest BCUT2D eigenvalue weighted by atomic mass is 32.2. The van der Waals surface area contributed by atoms with Gasteiger partial charge in [-0.3, -0.25) is 0 Å². The predicted octanol–water partition coefficient (Wildman–Crippen LogP) is 5.31. The first-order valence-electron chi connectivity index (χ1n) is 8.03. The minimum Gasteiger partial charge on any atom is -0.340 e. The summed E-state index contributed by atoms with van der Waals surface area (Å²) < 4.78 is 2.41. The van der Waals surface area contributed by atoms with Crippen LogP contribution in [0.2, 0.25) is 0 Å². The van der Waals surface area contributed by atoms with Crippen LogP contribution < -0.4 is 0 Å². The highest BCUT2D eigenvalue weighted by molar-refractivity contribution is 8.00. The molecule has 1 atom stereocenters. The molecule has 0 spiro atoms. The van der Waals surface area contributed by atoms with Crippen LogP contribution in [0.1, 0.15) is 24.7 Å². The maximum absolute atomic E-state index is 11.8. The summed E-state index contributed by atoms with van der Waals surface area (Å²) in [4.78, 5) is 13.0. The summed E-state index contributed by atoms with van der Waals surface area (Å²) in [6.07, 6.45) is 1.09. The molecule has 1 aliphatic rings. The van der Waals surface area contributed by atoms with Gasteiger partial charge in [-0.15, -0.1) is 11.8 Å². The summed E-state index contributed by atoms with van der Waals surface area (Å²) in [5.41, 5.74) is 4.89. The molecule has 3 heteroatoms. The van der Waals surface area contributed by atoms with Crippen molar-refractivity contribution in [3.63, 3.8) is 0 Å². The van der Waals surface area contributed by atoms with Gasteiger partial charge in [0.05, 0.1) is 10.9 Å². The fraction of sp³-hybridized carbons (Fsp3) is 0.250. The van der Waals surface area contributed by atoms with Crippen molar-refractivity contribution in [3.8, 4) is 11.3 Å². The molecular weight excluding hydrogens is 302 g/mol. The van der Waals surface area contributed by atoms with Crippen molar-refractivity contribution in [3.05, 3.63) is 54.1 Å². The monoisotopic (exact) mass is 321 g/mol. The Kier molecular flexibility index (Phi) is 3.53. The minimum atomic E-state index is -0.127. The van der Waals surface area contributed by atoms with Crippen molar-refractivity contribution >= 4 is 29.0 Å². The molecule has 0 amide bonds. The van der Waals surface area contributed by atoms with Crippen molar-refractivity contribution < 1.29 is 4.79 Å². The van der Waals surface area contributed by atoms with Gasteiger partial charge in [-0.05, 0) is 18.1 Å². The first kappa shape index (κ1) is 14.6. The highest BCUT2D eigenvalue weighted by Crippen LogP contribution is 2.51. The van der Waals surface area contributed by atoms with Gasteiger partial charge in [0.1, 0.15) is 6.29 Å². The lowest BCUT2D eigenvalue weighted by Crippen LogP contribution is -2.10. The largest absolute Gasteiger partial charge is 0.340 e. The van der Waals surface area contributed by atoms with Gasteiger partial charge in [-0.2, -0.15) is 0 Å². The first-order chi connectivity index (χ1) is 11.2. The van der Waals surface area contributed by atoms with Gasteiger partial charge in [0, 0.05) is 33.5 Å². The van der Waals surface area contributed by atoms with E-state index in [4.69, 9.17) is 0 Å². The van der Waals surface area contributed by atoms with E-state index in [0.29, 0.717) is 5.92 Å². The molecule has 1 aromatic heterocycles. The van der Waals surface area contributed by atoms with Crippen LogP contribution in [0.5, 0.6) is 0 Å². The number of carbonyl (C=O) groups excluding carboxylic acids is 1. The molecule has 116 valence electrons. The SMILES string of the molecule is CC(C)Cn1c2c(c3ccccc31)C(C=O)Sc1ccccc1-2. The summed E-state index contributed by atoms with van der Waals surface area (Å²) in [5, 5.41) is 1.08. The molecule has 0 aliphatic carbocycles. The van der Waals surface area contributed by atoms with Crippen LogP contribution in [0.15, 0.2) is 53.4 Å². The third kappa shape index (κ3) is 2.22. The molecule has 0 bridgehead atoms. The summed E-state index contributed by atoms with van der Waals surface area (Å²) in [7, 11) is 0. The molecule has 3 aromatic rings. The number of hydrogen-bond donors (Lipinski definition) is 0. The molecule has 4 rings (SSSR count). The predicted molar refractivity (Wildman–Crippen MR) is 96.9 cm³/mol. The smallest absolute Gasteiger partial charge is 0.137 e. The first-order valence-corrected chi connectivity index (χ1v) is 8.91. The lowest BCUT2D eigenvalue weighted by atomic mass is 10.0. The molecule has 1 aliphatic heterocycles. The Labute approximate surface area is 140 Å². The molecule has 2 nitrogen and oxygen atoms in total. The van der Waals surface area contributed by atoms with Crippen molar-refractivity contribution in [1.29, 1.82) is 0 Å². The molecule has 2 aromatic carbocycles. The average Bonchev–Trinajstić information content (AvgIpc) is 2.89.